The first-order chi connectivity index (χ1) is 7.46. The van der Waals surface area contributed by atoms with Crippen LogP contribution in [0.5, 0.6) is 11.5 Å². The van der Waals surface area contributed by atoms with Crippen LogP contribution in [0.3, 0.4) is 0 Å². The smallest absolute Gasteiger partial charge is 0.0439 e. The van der Waals surface area contributed by atoms with Gasteiger partial charge in [-0.25, -0.2) is 0 Å². The van der Waals surface area contributed by atoms with E-state index in [0.717, 1.165) is 0 Å². The molecular formula is C14H19ClCo2O2-2. The summed E-state index contributed by atoms with van der Waals surface area (Å²) in [6.45, 7) is 11.3. The summed E-state index contributed by atoms with van der Waals surface area (Å²) >= 11 is 6.16. The van der Waals surface area contributed by atoms with Gasteiger partial charge in [-0.15, -0.1) is 11.5 Å². The van der Waals surface area contributed by atoms with Gasteiger partial charge in [-0.1, -0.05) is 53.1 Å². The zero-order valence-electron chi connectivity index (χ0n) is 11.9. The van der Waals surface area contributed by atoms with Gasteiger partial charge in [-0.2, -0.15) is 0 Å². The Balaban J connectivity index is 0. The molecule has 0 atom stereocenters. The molecule has 1 aromatic rings. The number of benzene rings is 1. The summed E-state index contributed by atoms with van der Waals surface area (Å²) in [5.41, 5.74) is 0.123. The first-order valence-electron chi connectivity index (χ1n) is 5.67. The zero-order chi connectivity index (χ0) is 13.6. The molecule has 0 N–H and O–H groups in total. The van der Waals surface area contributed by atoms with Crippen molar-refractivity contribution in [2.24, 2.45) is 0 Å². The maximum absolute atomic E-state index is 12.1. The van der Waals surface area contributed by atoms with Crippen LogP contribution in [0.1, 0.15) is 52.7 Å². The van der Waals surface area contributed by atoms with Gasteiger partial charge in [0.15, 0.2) is 0 Å². The minimum Gasteiger partial charge on any atom is -0.873 e. The molecule has 2 nitrogen and oxygen atoms in total. The molecule has 0 amide bonds. The Morgan fingerprint density at radius 2 is 1.26 bits per heavy atom. The first-order valence-corrected chi connectivity index (χ1v) is 6.05. The first kappa shape index (κ1) is 21.4. The summed E-state index contributed by atoms with van der Waals surface area (Å²) in [5.74, 6) is -0.887. The van der Waals surface area contributed by atoms with Crippen molar-refractivity contribution in [2.75, 3.05) is 0 Å². The van der Waals surface area contributed by atoms with E-state index in [9.17, 15) is 10.2 Å². The molecule has 0 unspecified atom stereocenters. The predicted molar refractivity (Wildman–Crippen MR) is 67.7 cm³/mol. The Morgan fingerprint density at radius 1 is 0.842 bits per heavy atom. The van der Waals surface area contributed by atoms with Gasteiger partial charge in [-0.05, 0) is 28.0 Å². The van der Waals surface area contributed by atoms with E-state index < -0.39 is 16.9 Å². The van der Waals surface area contributed by atoms with Crippen LogP contribution in [0.25, 0.3) is 0 Å². The van der Waals surface area contributed by atoms with Crippen molar-refractivity contribution in [3.63, 3.8) is 0 Å². The molecule has 1 rings (SSSR count). The van der Waals surface area contributed by atoms with Gasteiger partial charge in [-0.3, -0.25) is 0 Å². The van der Waals surface area contributed by atoms with Gasteiger partial charge in [0.25, 0.3) is 0 Å². The summed E-state index contributed by atoms with van der Waals surface area (Å²) in [6, 6.07) is 1.64. The van der Waals surface area contributed by atoms with E-state index in [2.05, 4.69) is 0 Å². The van der Waals surface area contributed by atoms with Crippen molar-refractivity contribution < 1.29 is 43.8 Å². The van der Waals surface area contributed by atoms with Crippen molar-refractivity contribution in [1.82, 2.24) is 0 Å². The molecule has 0 aliphatic heterocycles. The van der Waals surface area contributed by atoms with Gasteiger partial charge in [0, 0.05) is 38.6 Å². The maximum atomic E-state index is 12.1. The van der Waals surface area contributed by atoms with Crippen molar-refractivity contribution in [3.8, 4) is 11.5 Å². The van der Waals surface area contributed by atoms with Gasteiger partial charge in [0.05, 0.1) is 0 Å². The van der Waals surface area contributed by atoms with Crippen LogP contribution in [0.15, 0.2) is 6.07 Å². The molecule has 0 aromatic heterocycles. The predicted octanol–water partition coefficient (Wildman–Crippen LogP) is 3.08. The van der Waals surface area contributed by atoms with Crippen LogP contribution < -0.4 is 10.2 Å². The molecule has 0 fully saturated rings. The molecule has 0 aliphatic rings. The third-order valence-corrected chi connectivity index (χ3v) is 3.04. The number of rotatable bonds is 0. The summed E-state index contributed by atoms with van der Waals surface area (Å²) in [5, 5.41) is 24.6. The number of hydrogen-bond acceptors (Lipinski definition) is 2. The van der Waals surface area contributed by atoms with Gasteiger partial charge >= 0.3 is 0 Å². The summed E-state index contributed by atoms with van der Waals surface area (Å²) in [4.78, 5) is 0. The monoisotopic (exact) mass is 372 g/mol. The quantitative estimate of drug-likeness (QED) is 0.702. The molecule has 0 saturated carbocycles. The molecular weight excluding hydrogens is 353 g/mol. The minimum atomic E-state index is -0.463. The van der Waals surface area contributed by atoms with Gasteiger partial charge in [0.2, 0.25) is 0 Å². The fourth-order valence-electron chi connectivity index (χ4n) is 1.86. The normalized spacial score (nSPS) is 11.5. The van der Waals surface area contributed by atoms with Crippen molar-refractivity contribution in [3.05, 3.63) is 22.2 Å². The molecule has 1 aromatic carbocycles. The Labute approximate surface area is 141 Å². The topological polar surface area (TPSA) is 46.1 Å². The second kappa shape index (κ2) is 6.72. The molecule has 5 heteroatoms. The summed E-state index contributed by atoms with van der Waals surface area (Å²) in [6.07, 6.45) is 0. The standard InChI is InChI=1S/C14H21ClO2.2Co/c1-13(2,3)8-7-9(15)10(14(4,5)6)12(17)11(8)16;;/h7,16-17H,1-6H3;;/p-2. The maximum Gasteiger partial charge on any atom is 0.0439 e. The van der Waals surface area contributed by atoms with Gasteiger partial charge in [0.1, 0.15) is 0 Å². The van der Waals surface area contributed by atoms with Crippen LogP contribution in [-0.2, 0) is 44.4 Å². The molecule has 114 valence electrons. The second-order valence-corrected chi connectivity index (χ2v) is 6.85. The molecule has 0 heterocycles. The van der Waals surface area contributed by atoms with Crippen molar-refractivity contribution >= 4 is 11.6 Å². The van der Waals surface area contributed by atoms with Gasteiger partial charge < -0.3 is 10.2 Å². The van der Waals surface area contributed by atoms with E-state index >= 15 is 0 Å². The van der Waals surface area contributed by atoms with Crippen molar-refractivity contribution in [2.45, 2.75) is 52.4 Å². The Kier molecular flexibility index (Phi) is 7.57. The van der Waals surface area contributed by atoms with E-state index in [1.54, 1.807) is 6.07 Å². The van der Waals surface area contributed by atoms with Crippen LogP contribution in [0, 0.1) is 0 Å². The second-order valence-electron chi connectivity index (χ2n) is 6.44. The molecule has 2 radical (unpaired) electrons. The summed E-state index contributed by atoms with van der Waals surface area (Å²) < 4.78 is 0. The van der Waals surface area contributed by atoms with E-state index in [0.29, 0.717) is 16.1 Å². The number of hydrogen-bond donors (Lipinski definition) is 0. The zero-order valence-corrected chi connectivity index (χ0v) is 14.8. The van der Waals surface area contributed by atoms with Crippen LogP contribution in [0.4, 0.5) is 0 Å². The Hall–Kier alpha value is 0.123. The van der Waals surface area contributed by atoms with Crippen LogP contribution in [-0.4, -0.2) is 0 Å². The average Bonchev–Trinajstić information content (AvgIpc) is 2.07. The summed E-state index contributed by atoms with van der Waals surface area (Å²) in [7, 11) is 0. The number of halogens is 1. The van der Waals surface area contributed by atoms with Crippen molar-refractivity contribution in [1.29, 1.82) is 0 Å². The molecule has 0 aliphatic carbocycles. The van der Waals surface area contributed by atoms with E-state index in [1.807, 2.05) is 41.5 Å². The minimum absolute atomic E-state index is 0. The molecule has 19 heavy (non-hydrogen) atoms. The van der Waals surface area contributed by atoms with Crippen LogP contribution >= 0.6 is 11.6 Å². The fourth-order valence-corrected chi connectivity index (χ4v) is 2.34. The van der Waals surface area contributed by atoms with E-state index in [4.69, 9.17) is 11.6 Å². The van der Waals surface area contributed by atoms with E-state index in [-0.39, 0.29) is 39.0 Å². The molecule has 0 saturated heterocycles. The Morgan fingerprint density at radius 3 is 1.58 bits per heavy atom. The van der Waals surface area contributed by atoms with E-state index in [1.165, 1.54) is 0 Å². The largest absolute Gasteiger partial charge is 0.873 e. The fraction of sp³-hybridized carbons (Fsp3) is 0.571. The Bertz CT molecular complexity index is 446. The average molecular weight is 373 g/mol. The molecule has 0 spiro atoms. The third-order valence-electron chi connectivity index (χ3n) is 2.75. The SMILES string of the molecule is CC(C)(C)c1cc(Cl)c(C(C)(C)C)c([O-])c1[O-].[Co].[Co]. The third kappa shape index (κ3) is 4.57. The molecule has 0 bridgehead atoms. The van der Waals surface area contributed by atoms with Crippen LogP contribution in [0.2, 0.25) is 5.02 Å².